The number of pyridine rings is 1. The van der Waals surface area contributed by atoms with Crippen LogP contribution < -0.4 is 11.5 Å². The Hall–Kier alpha value is -0.450. The number of rotatable bonds is 4. The van der Waals surface area contributed by atoms with Crippen molar-refractivity contribution in [3.63, 3.8) is 0 Å². The molecule has 0 bridgehead atoms. The SMILES string of the molecule is NCCC[C@H](N)c1cccnc1Br. The third-order valence-corrected chi connectivity index (χ3v) is 2.57. The molecule has 1 aromatic heterocycles. The number of hydrogen-bond donors (Lipinski definition) is 2. The Morgan fingerprint density at radius 1 is 1.54 bits per heavy atom. The zero-order valence-corrected chi connectivity index (χ0v) is 9.00. The van der Waals surface area contributed by atoms with Gasteiger partial charge in [-0.25, -0.2) is 4.98 Å². The zero-order valence-electron chi connectivity index (χ0n) is 7.41. The smallest absolute Gasteiger partial charge is 0.110 e. The Labute approximate surface area is 86.7 Å². The summed E-state index contributed by atoms with van der Waals surface area (Å²) >= 11 is 3.37. The van der Waals surface area contributed by atoms with Gasteiger partial charge in [-0.1, -0.05) is 6.07 Å². The van der Waals surface area contributed by atoms with Gasteiger partial charge in [-0.3, -0.25) is 0 Å². The molecule has 1 aromatic rings. The largest absolute Gasteiger partial charge is 0.330 e. The minimum Gasteiger partial charge on any atom is -0.330 e. The van der Waals surface area contributed by atoms with Crippen LogP contribution in [-0.4, -0.2) is 11.5 Å². The summed E-state index contributed by atoms with van der Waals surface area (Å²) in [4.78, 5) is 4.11. The third kappa shape index (κ3) is 3.06. The fraction of sp³-hybridized carbons (Fsp3) is 0.444. The summed E-state index contributed by atoms with van der Waals surface area (Å²) in [7, 11) is 0. The summed E-state index contributed by atoms with van der Waals surface area (Å²) in [5, 5.41) is 0. The number of hydrogen-bond acceptors (Lipinski definition) is 3. The van der Waals surface area contributed by atoms with Crippen molar-refractivity contribution in [1.82, 2.24) is 4.98 Å². The van der Waals surface area contributed by atoms with E-state index in [1.165, 1.54) is 0 Å². The Morgan fingerprint density at radius 2 is 2.31 bits per heavy atom. The maximum absolute atomic E-state index is 5.96. The summed E-state index contributed by atoms with van der Waals surface area (Å²) < 4.78 is 0.833. The first-order chi connectivity index (χ1) is 6.25. The van der Waals surface area contributed by atoms with E-state index in [1.54, 1.807) is 6.20 Å². The minimum absolute atomic E-state index is 0.0339. The van der Waals surface area contributed by atoms with Crippen LogP contribution in [-0.2, 0) is 0 Å². The first kappa shape index (κ1) is 10.6. The van der Waals surface area contributed by atoms with E-state index in [2.05, 4.69) is 20.9 Å². The van der Waals surface area contributed by atoms with Crippen LogP contribution in [0.25, 0.3) is 0 Å². The van der Waals surface area contributed by atoms with Crippen LogP contribution >= 0.6 is 15.9 Å². The second kappa shape index (κ2) is 5.32. The minimum atomic E-state index is 0.0339. The first-order valence-corrected chi connectivity index (χ1v) is 5.11. The van der Waals surface area contributed by atoms with Gasteiger partial charge in [-0.15, -0.1) is 0 Å². The van der Waals surface area contributed by atoms with Crippen LogP contribution in [0, 0.1) is 0 Å². The Bertz CT molecular complexity index is 265. The summed E-state index contributed by atoms with van der Waals surface area (Å²) in [6.45, 7) is 0.686. The van der Waals surface area contributed by atoms with E-state index >= 15 is 0 Å². The lowest BCUT2D eigenvalue weighted by molar-refractivity contribution is 0.613. The Kier molecular flexibility index (Phi) is 4.35. The molecular weight excluding hydrogens is 230 g/mol. The van der Waals surface area contributed by atoms with Gasteiger partial charge < -0.3 is 11.5 Å². The summed E-state index contributed by atoms with van der Waals surface area (Å²) in [5.74, 6) is 0. The van der Waals surface area contributed by atoms with Crippen LogP contribution in [0.5, 0.6) is 0 Å². The van der Waals surface area contributed by atoms with Crippen molar-refractivity contribution in [2.45, 2.75) is 18.9 Å². The van der Waals surface area contributed by atoms with Crippen molar-refractivity contribution in [3.05, 3.63) is 28.5 Å². The molecule has 0 unspecified atom stereocenters. The molecule has 0 saturated carbocycles. The molecule has 0 amide bonds. The van der Waals surface area contributed by atoms with Gasteiger partial charge in [-0.2, -0.15) is 0 Å². The van der Waals surface area contributed by atoms with Crippen molar-refractivity contribution >= 4 is 15.9 Å². The number of halogens is 1. The second-order valence-electron chi connectivity index (χ2n) is 2.92. The van der Waals surface area contributed by atoms with E-state index in [9.17, 15) is 0 Å². The maximum atomic E-state index is 5.96. The molecule has 0 radical (unpaired) electrons. The molecule has 0 fully saturated rings. The highest BCUT2D eigenvalue weighted by Gasteiger charge is 2.08. The van der Waals surface area contributed by atoms with E-state index in [0.717, 1.165) is 23.0 Å². The lowest BCUT2D eigenvalue weighted by Crippen LogP contribution is -2.13. The van der Waals surface area contributed by atoms with Crippen molar-refractivity contribution in [1.29, 1.82) is 0 Å². The molecule has 1 atom stereocenters. The molecule has 0 spiro atoms. The monoisotopic (exact) mass is 243 g/mol. The lowest BCUT2D eigenvalue weighted by atomic mass is 10.1. The molecule has 0 saturated heterocycles. The fourth-order valence-corrected chi connectivity index (χ4v) is 1.71. The molecule has 4 heteroatoms. The average Bonchev–Trinajstić information content (AvgIpc) is 2.15. The maximum Gasteiger partial charge on any atom is 0.110 e. The van der Waals surface area contributed by atoms with Crippen LogP contribution in [0.2, 0.25) is 0 Å². The summed E-state index contributed by atoms with van der Waals surface area (Å²) in [6.07, 6.45) is 3.59. The molecule has 0 aliphatic carbocycles. The number of nitrogens with zero attached hydrogens (tertiary/aromatic N) is 1. The van der Waals surface area contributed by atoms with E-state index in [-0.39, 0.29) is 6.04 Å². The summed E-state index contributed by atoms with van der Waals surface area (Å²) in [6, 6.07) is 3.91. The van der Waals surface area contributed by atoms with Gasteiger partial charge in [0.2, 0.25) is 0 Å². The highest BCUT2D eigenvalue weighted by atomic mass is 79.9. The van der Waals surface area contributed by atoms with Crippen LogP contribution in [0.3, 0.4) is 0 Å². The normalized spacial score (nSPS) is 12.8. The summed E-state index contributed by atoms with van der Waals surface area (Å²) in [5.41, 5.74) is 12.4. The highest BCUT2D eigenvalue weighted by molar-refractivity contribution is 9.10. The molecule has 3 nitrogen and oxygen atoms in total. The topological polar surface area (TPSA) is 64.9 Å². The molecule has 1 rings (SSSR count). The molecular formula is C9H14BrN3. The third-order valence-electron chi connectivity index (χ3n) is 1.91. The quantitative estimate of drug-likeness (QED) is 0.790. The molecule has 4 N–H and O–H groups in total. The Morgan fingerprint density at radius 3 is 2.92 bits per heavy atom. The number of aromatic nitrogens is 1. The van der Waals surface area contributed by atoms with Gasteiger partial charge in [-0.05, 0) is 41.4 Å². The van der Waals surface area contributed by atoms with Gasteiger partial charge in [0.25, 0.3) is 0 Å². The first-order valence-electron chi connectivity index (χ1n) is 4.31. The van der Waals surface area contributed by atoms with Crippen LogP contribution in [0.4, 0.5) is 0 Å². The Balaban J connectivity index is 2.65. The molecule has 1 heterocycles. The second-order valence-corrected chi connectivity index (χ2v) is 3.67. The van der Waals surface area contributed by atoms with Crippen molar-refractivity contribution in [2.75, 3.05) is 6.54 Å². The van der Waals surface area contributed by atoms with Gasteiger partial charge in [0, 0.05) is 17.8 Å². The van der Waals surface area contributed by atoms with E-state index < -0.39 is 0 Å². The lowest BCUT2D eigenvalue weighted by Gasteiger charge is -2.11. The molecule has 72 valence electrons. The van der Waals surface area contributed by atoms with Crippen molar-refractivity contribution in [3.8, 4) is 0 Å². The number of nitrogens with two attached hydrogens (primary N) is 2. The zero-order chi connectivity index (χ0) is 9.68. The molecule has 0 aromatic carbocycles. The van der Waals surface area contributed by atoms with E-state index in [4.69, 9.17) is 11.5 Å². The van der Waals surface area contributed by atoms with Gasteiger partial charge in [0.15, 0.2) is 0 Å². The predicted octanol–water partition coefficient (Wildman–Crippen LogP) is 1.58. The van der Waals surface area contributed by atoms with Gasteiger partial charge in [0.05, 0.1) is 0 Å². The van der Waals surface area contributed by atoms with Crippen LogP contribution in [0.1, 0.15) is 24.4 Å². The fourth-order valence-electron chi connectivity index (χ4n) is 1.17. The van der Waals surface area contributed by atoms with Crippen molar-refractivity contribution in [2.24, 2.45) is 11.5 Å². The highest BCUT2D eigenvalue weighted by Crippen LogP contribution is 2.21. The molecule has 13 heavy (non-hydrogen) atoms. The average molecular weight is 244 g/mol. The van der Waals surface area contributed by atoms with Gasteiger partial charge >= 0.3 is 0 Å². The predicted molar refractivity (Wildman–Crippen MR) is 57.2 cm³/mol. The van der Waals surface area contributed by atoms with Crippen LogP contribution in [0.15, 0.2) is 22.9 Å². The van der Waals surface area contributed by atoms with Gasteiger partial charge in [0.1, 0.15) is 4.60 Å². The molecule has 0 aliphatic rings. The van der Waals surface area contributed by atoms with E-state index in [0.29, 0.717) is 6.54 Å². The van der Waals surface area contributed by atoms with Crippen molar-refractivity contribution < 1.29 is 0 Å². The standard InChI is InChI=1S/C9H14BrN3/c10-9-7(3-2-6-13-9)8(12)4-1-5-11/h2-3,6,8H,1,4-5,11-12H2/t8-/m0/s1. The van der Waals surface area contributed by atoms with E-state index in [1.807, 2.05) is 12.1 Å². The molecule has 0 aliphatic heterocycles.